The van der Waals surface area contributed by atoms with Crippen molar-refractivity contribution in [2.45, 2.75) is 6.18 Å². The second kappa shape index (κ2) is 5.85. The van der Waals surface area contributed by atoms with Crippen LogP contribution >= 0.6 is 24.2 Å². The van der Waals surface area contributed by atoms with Crippen LogP contribution in [0.2, 0.25) is 0 Å². The molecule has 0 aliphatic heterocycles. The lowest BCUT2D eigenvalue weighted by Gasteiger charge is -2.13. The number of hydrogen-bond donors (Lipinski definition) is 1. The second-order valence-corrected chi connectivity index (χ2v) is 6.27. The first-order chi connectivity index (χ1) is 11.6. The quantitative estimate of drug-likeness (QED) is 0.685. The highest BCUT2D eigenvalue weighted by molar-refractivity contribution is 7.97. The van der Waals surface area contributed by atoms with Crippen molar-refractivity contribution in [2.24, 2.45) is 7.05 Å². The number of carbonyl (C=O) groups is 1. The van der Waals surface area contributed by atoms with Gasteiger partial charge in [0, 0.05) is 18.5 Å². The minimum atomic E-state index is -4.83. The summed E-state index contributed by atoms with van der Waals surface area (Å²) in [6.45, 7) is 0. The van der Waals surface area contributed by atoms with Gasteiger partial charge < -0.3 is 0 Å². The third-order valence-corrected chi connectivity index (χ3v) is 4.56. The fraction of sp³-hybridized carbons (Fsp3) is 0.143. The smallest absolute Gasteiger partial charge is 0.292 e. The highest BCUT2D eigenvalue weighted by atomic mass is 32.1. The van der Waals surface area contributed by atoms with E-state index in [1.54, 1.807) is 0 Å². The molecule has 0 spiro atoms. The van der Waals surface area contributed by atoms with E-state index < -0.39 is 28.2 Å². The molecule has 0 aliphatic rings. The Morgan fingerprint density at radius 3 is 2.52 bits per heavy atom. The van der Waals surface area contributed by atoms with Gasteiger partial charge in [-0.3, -0.25) is 14.2 Å². The predicted molar refractivity (Wildman–Crippen MR) is 88.8 cm³/mol. The van der Waals surface area contributed by atoms with E-state index in [1.807, 2.05) is 0 Å². The summed E-state index contributed by atoms with van der Waals surface area (Å²) in [6, 6.07) is 4.61. The van der Waals surface area contributed by atoms with Crippen LogP contribution in [0.5, 0.6) is 0 Å². The van der Waals surface area contributed by atoms with Crippen molar-refractivity contribution in [3.05, 3.63) is 56.5 Å². The molecule has 0 N–H and O–H groups in total. The number of rotatable bonds is 2. The average molecular weight is 387 g/mol. The van der Waals surface area contributed by atoms with Crippen LogP contribution in [-0.2, 0) is 13.2 Å². The molecule has 0 saturated carbocycles. The Hall–Kier alpha value is -2.40. The molecule has 3 rings (SSSR count). The Bertz CT molecular complexity index is 1130. The summed E-state index contributed by atoms with van der Waals surface area (Å²) < 4.78 is 44.2. The van der Waals surface area contributed by atoms with Crippen LogP contribution in [0, 0.1) is 0 Å². The number of hydrogen-bond acceptors (Lipinski definition) is 5. The van der Waals surface area contributed by atoms with Gasteiger partial charge in [-0.1, -0.05) is 12.6 Å². The average Bonchev–Trinajstić information content (AvgIpc) is 2.93. The van der Waals surface area contributed by atoms with E-state index in [1.165, 1.54) is 18.2 Å². The maximum atomic E-state index is 12.9. The Labute approximate surface area is 146 Å². The Balaban J connectivity index is 2.31. The third kappa shape index (κ3) is 2.89. The fourth-order valence-electron chi connectivity index (χ4n) is 2.36. The van der Waals surface area contributed by atoms with Gasteiger partial charge in [-0.25, -0.2) is 9.36 Å². The minimum absolute atomic E-state index is 0.0304. The summed E-state index contributed by atoms with van der Waals surface area (Å²) in [4.78, 5) is 35.8. The summed E-state index contributed by atoms with van der Waals surface area (Å²) >= 11 is 4.72. The first-order valence-corrected chi connectivity index (χ1v) is 7.86. The van der Waals surface area contributed by atoms with Gasteiger partial charge in [0.15, 0.2) is 0 Å². The van der Waals surface area contributed by atoms with Gasteiger partial charge in [0.25, 0.3) is 5.56 Å². The second-order valence-electron chi connectivity index (χ2n) is 5.06. The van der Waals surface area contributed by atoms with Crippen LogP contribution in [-0.4, -0.2) is 18.6 Å². The van der Waals surface area contributed by atoms with Crippen molar-refractivity contribution in [3.8, 4) is 5.69 Å². The van der Waals surface area contributed by atoms with Crippen LogP contribution in [0.1, 0.15) is 16.2 Å². The maximum absolute atomic E-state index is 12.9. The standard InChI is InChI=1S/C14H8F3N3O3S2/c1-19-9(14(15,16)17)5-10(21)20(13(19)23)6-2-3-8-7(4-6)11(12(22)24)18-25-8/h2-5H,1H3,(H,22,24). The number of benzene rings is 1. The zero-order chi connectivity index (χ0) is 18.5. The molecule has 0 radical (unpaired) electrons. The molecule has 0 unspecified atom stereocenters. The van der Waals surface area contributed by atoms with Crippen molar-refractivity contribution < 1.29 is 18.0 Å². The van der Waals surface area contributed by atoms with Crippen LogP contribution in [0.25, 0.3) is 15.8 Å². The first kappa shape index (κ1) is 17.4. The third-order valence-electron chi connectivity index (χ3n) is 3.52. The van der Waals surface area contributed by atoms with Crippen molar-refractivity contribution in [1.82, 2.24) is 13.5 Å². The van der Waals surface area contributed by atoms with E-state index in [0.717, 1.165) is 18.6 Å². The van der Waals surface area contributed by atoms with Gasteiger partial charge in [-0.05, 0) is 29.7 Å². The number of fused-ring (bicyclic) bond motifs is 1. The summed E-state index contributed by atoms with van der Waals surface area (Å²) in [5, 5.41) is -0.243. The van der Waals surface area contributed by atoms with E-state index in [4.69, 9.17) is 0 Å². The zero-order valence-corrected chi connectivity index (χ0v) is 14.1. The summed E-state index contributed by atoms with van der Waals surface area (Å²) in [7, 11) is 0.925. The largest absolute Gasteiger partial charge is 0.431 e. The van der Waals surface area contributed by atoms with E-state index in [-0.39, 0.29) is 11.4 Å². The molecule has 11 heteroatoms. The molecule has 0 saturated heterocycles. The number of carbonyl (C=O) groups excluding carboxylic acids is 1. The van der Waals surface area contributed by atoms with E-state index in [2.05, 4.69) is 17.0 Å². The Morgan fingerprint density at radius 2 is 1.92 bits per heavy atom. The molecule has 0 aliphatic carbocycles. The van der Waals surface area contributed by atoms with Gasteiger partial charge in [0.2, 0.25) is 5.12 Å². The normalized spacial score (nSPS) is 11.9. The van der Waals surface area contributed by atoms with Crippen LogP contribution in [0.15, 0.2) is 33.9 Å². The van der Waals surface area contributed by atoms with Crippen molar-refractivity contribution in [2.75, 3.05) is 0 Å². The fourth-order valence-corrected chi connectivity index (χ4v) is 3.35. The molecule has 6 nitrogen and oxygen atoms in total. The molecule has 130 valence electrons. The molecule has 2 aromatic heterocycles. The predicted octanol–water partition coefficient (Wildman–Crippen LogP) is 2.23. The lowest BCUT2D eigenvalue weighted by Crippen LogP contribution is -2.40. The lowest BCUT2D eigenvalue weighted by molar-refractivity contribution is -0.144. The summed E-state index contributed by atoms with van der Waals surface area (Å²) in [5.74, 6) is 0. The Morgan fingerprint density at radius 1 is 1.24 bits per heavy atom. The molecule has 0 bridgehead atoms. The van der Waals surface area contributed by atoms with Crippen LogP contribution in [0.4, 0.5) is 13.2 Å². The molecule has 0 atom stereocenters. The number of alkyl halides is 3. The maximum Gasteiger partial charge on any atom is 0.431 e. The van der Waals surface area contributed by atoms with Gasteiger partial charge in [0.1, 0.15) is 11.4 Å². The van der Waals surface area contributed by atoms with Gasteiger partial charge in [0.05, 0.1) is 10.4 Å². The summed E-state index contributed by atoms with van der Waals surface area (Å²) in [5.41, 5.74) is -3.55. The lowest BCUT2D eigenvalue weighted by atomic mass is 10.2. The molecule has 1 aromatic carbocycles. The number of halogens is 3. The molecule has 2 heterocycles. The van der Waals surface area contributed by atoms with Crippen LogP contribution < -0.4 is 11.2 Å². The zero-order valence-electron chi connectivity index (χ0n) is 12.4. The molecule has 0 fully saturated rings. The van der Waals surface area contributed by atoms with Gasteiger partial charge >= 0.3 is 11.9 Å². The Kier molecular flexibility index (Phi) is 4.07. The SMILES string of the molecule is Cn1c(C(F)(F)F)cc(=O)n(-c2ccc3snc(C(=O)S)c3c2)c1=O. The van der Waals surface area contributed by atoms with E-state index >= 15 is 0 Å². The van der Waals surface area contributed by atoms with E-state index in [0.29, 0.717) is 25.3 Å². The van der Waals surface area contributed by atoms with Crippen molar-refractivity contribution in [3.63, 3.8) is 0 Å². The number of aromatic nitrogens is 3. The number of nitrogens with zero attached hydrogens (tertiary/aromatic N) is 3. The molecule has 3 aromatic rings. The highest BCUT2D eigenvalue weighted by Gasteiger charge is 2.35. The van der Waals surface area contributed by atoms with E-state index in [9.17, 15) is 27.6 Å². The summed E-state index contributed by atoms with van der Waals surface area (Å²) in [6.07, 6.45) is -4.83. The van der Waals surface area contributed by atoms with Gasteiger partial charge in [-0.2, -0.15) is 17.5 Å². The number of thiol groups is 1. The van der Waals surface area contributed by atoms with Crippen molar-refractivity contribution in [1.29, 1.82) is 0 Å². The van der Waals surface area contributed by atoms with Crippen molar-refractivity contribution >= 4 is 39.4 Å². The first-order valence-electron chi connectivity index (χ1n) is 6.64. The van der Waals surface area contributed by atoms with Gasteiger partial charge in [-0.15, -0.1) is 0 Å². The topological polar surface area (TPSA) is 74.0 Å². The molecular weight excluding hydrogens is 379 g/mol. The van der Waals surface area contributed by atoms with Crippen LogP contribution in [0.3, 0.4) is 0 Å². The molecular formula is C14H8F3N3O3S2. The monoisotopic (exact) mass is 387 g/mol. The highest BCUT2D eigenvalue weighted by Crippen LogP contribution is 2.28. The molecule has 25 heavy (non-hydrogen) atoms. The minimum Gasteiger partial charge on any atom is -0.292 e. The molecule has 0 amide bonds.